The molecule has 0 aliphatic heterocycles. The van der Waals surface area contributed by atoms with Crippen LogP contribution in [-0.4, -0.2) is 27.1 Å². The van der Waals surface area contributed by atoms with Crippen molar-refractivity contribution in [1.82, 2.24) is 0 Å². The van der Waals surface area contributed by atoms with Crippen molar-refractivity contribution in [2.45, 2.75) is 4.90 Å². The molecule has 0 bridgehead atoms. The first kappa shape index (κ1) is 14.7. The summed E-state index contributed by atoms with van der Waals surface area (Å²) >= 11 is 0. The van der Waals surface area contributed by atoms with E-state index in [-0.39, 0.29) is 34.5 Å². The van der Waals surface area contributed by atoms with Crippen LogP contribution in [-0.2, 0) is 10.1 Å². The van der Waals surface area contributed by atoms with E-state index in [0.717, 1.165) is 0 Å². The molecule has 0 fully saturated rings. The van der Waals surface area contributed by atoms with Crippen LogP contribution in [0.25, 0.3) is 0 Å². The van der Waals surface area contributed by atoms with Gasteiger partial charge in [-0.25, -0.2) is 8.42 Å². The number of hydrogen-bond acceptors (Lipinski definition) is 5. The molecule has 0 unspecified atom stereocenters. The summed E-state index contributed by atoms with van der Waals surface area (Å²) in [6.07, 6.45) is 0. The van der Waals surface area contributed by atoms with Crippen molar-refractivity contribution in [3.05, 3.63) is 18.2 Å². The van der Waals surface area contributed by atoms with Gasteiger partial charge in [-0.3, -0.25) is 0 Å². The second-order valence-corrected chi connectivity index (χ2v) is 4.08. The fourth-order valence-corrected chi connectivity index (χ4v) is 1.57. The zero-order valence-corrected chi connectivity index (χ0v) is 11.7. The molecule has 0 aliphatic carbocycles. The van der Waals surface area contributed by atoms with Gasteiger partial charge in [-0.2, -0.15) is 0 Å². The van der Waals surface area contributed by atoms with Crippen molar-refractivity contribution in [1.29, 1.82) is 0 Å². The number of benzene rings is 1. The summed E-state index contributed by atoms with van der Waals surface area (Å²) in [7, 11) is -1.10. The Kier molecular flexibility index (Phi) is 5.61. The summed E-state index contributed by atoms with van der Waals surface area (Å²) in [6, 6.07) is 4.29. The van der Waals surface area contributed by atoms with Gasteiger partial charge in [0.2, 0.25) is 0 Å². The average Bonchev–Trinajstić information content (AvgIpc) is 2.15. The monoisotopic (exact) mass is 238 g/mol. The molecule has 15 heavy (non-hydrogen) atoms. The summed E-state index contributed by atoms with van der Waals surface area (Å²) in [6.45, 7) is 0. The fourth-order valence-electron chi connectivity index (χ4n) is 1.03. The van der Waals surface area contributed by atoms with E-state index in [1.807, 2.05) is 0 Å². The number of rotatable bonds is 3. The fraction of sp³-hybridized carbons (Fsp3) is 0.250. The van der Waals surface area contributed by atoms with E-state index in [2.05, 4.69) is 10.6 Å². The third-order valence-corrected chi connectivity index (χ3v) is 2.59. The van der Waals surface area contributed by atoms with Crippen molar-refractivity contribution in [2.75, 3.05) is 24.7 Å². The van der Waals surface area contributed by atoms with Crippen LogP contribution in [0.5, 0.6) is 0 Å². The van der Waals surface area contributed by atoms with Gasteiger partial charge < -0.3 is 15.2 Å². The van der Waals surface area contributed by atoms with Crippen molar-refractivity contribution >= 4 is 21.5 Å². The molecular weight excluding hydrogens is 227 g/mol. The minimum atomic E-state index is -4.40. The first-order chi connectivity index (χ1) is 6.47. The predicted octanol–water partition coefficient (Wildman–Crippen LogP) is -2.32. The van der Waals surface area contributed by atoms with Crippen molar-refractivity contribution < 1.29 is 42.5 Å². The SMILES string of the molecule is CNc1cc(NC)cc(S(=O)(=O)[O-])c1.[Na+]. The van der Waals surface area contributed by atoms with E-state index < -0.39 is 10.1 Å². The Balaban J connectivity index is 0.00000196. The molecule has 0 aliphatic rings. The number of hydrogen-bond donors (Lipinski definition) is 2. The molecule has 0 heterocycles. The van der Waals surface area contributed by atoms with E-state index in [9.17, 15) is 13.0 Å². The summed E-state index contributed by atoms with van der Waals surface area (Å²) in [5.41, 5.74) is 1.15. The third kappa shape index (κ3) is 4.00. The van der Waals surface area contributed by atoms with Gasteiger partial charge in [-0.15, -0.1) is 0 Å². The predicted molar refractivity (Wildman–Crippen MR) is 53.5 cm³/mol. The van der Waals surface area contributed by atoms with Crippen molar-refractivity contribution in [2.24, 2.45) is 0 Å². The van der Waals surface area contributed by atoms with Crippen LogP contribution in [0, 0.1) is 0 Å². The molecule has 0 aromatic heterocycles. The van der Waals surface area contributed by atoms with Gasteiger partial charge in [0.1, 0.15) is 10.1 Å². The zero-order valence-electron chi connectivity index (χ0n) is 8.87. The molecule has 1 aromatic carbocycles. The molecule has 1 aromatic rings. The quantitative estimate of drug-likeness (QED) is 0.456. The largest absolute Gasteiger partial charge is 1.00 e. The molecule has 0 atom stereocenters. The Labute approximate surface area is 111 Å². The molecule has 2 N–H and O–H groups in total. The van der Waals surface area contributed by atoms with E-state index in [1.165, 1.54) is 12.1 Å². The van der Waals surface area contributed by atoms with Gasteiger partial charge in [0.05, 0.1) is 4.90 Å². The number of anilines is 2. The van der Waals surface area contributed by atoms with Gasteiger partial charge >= 0.3 is 29.6 Å². The molecule has 0 amide bonds. The molecule has 5 nitrogen and oxygen atoms in total. The van der Waals surface area contributed by atoms with Gasteiger partial charge in [-0.1, -0.05) is 0 Å². The molecule has 78 valence electrons. The molecule has 0 spiro atoms. The Morgan fingerprint density at radius 2 is 1.47 bits per heavy atom. The first-order valence-electron chi connectivity index (χ1n) is 3.94. The first-order valence-corrected chi connectivity index (χ1v) is 5.34. The Morgan fingerprint density at radius 1 is 1.07 bits per heavy atom. The second kappa shape index (κ2) is 5.72. The minimum absolute atomic E-state index is 0. The zero-order chi connectivity index (χ0) is 10.8. The standard InChI is InChI=1S/C8H12N2O3S.Na/c1-9-6-3-7(10-2)5-8(4-6)14(11,12)13;/h3-5,9-10H,1-2H3,(H,11,12,13);/q;+1/p-1. The van der Waals surface area contributed by atoms with Gasteiger partial charge in [0.15, 0.2) is 0 Å². The Morgan fingerprint density at radius 3 is 1.73 bits per heavy atom. The smallest absolute Gasteiger partial charge is 0.744 e. The maximum Gasteiger partial charge on any atom is 1.00 e. The maximum atomic E-state index is 10.8. The molecule has 1 rings (SSSR count). The molecular formula is C8H11N2NaO3S. The van der Waals surface area contributed by atoms with Crippen LogP contribution >= 0.6 is 0 Å². The normalized spacial score (nSPS) is 10.3. The minimum Gasteiger partial charge on any atom is -0.744 e. The summed E-state index contributed by atoms with van der Waals surface area (Å²) in [5.74, 6) is 0. The number of nitrogens with one attached hydrogen (secondary N) is 2. The van der Waals surface area contributed by atoms with Gasteiger partial charge in [-0.05, 0) is 18.2 Å². The van der Waals surface area contributed by atoms with Crippen LogP contribution in [0.1, 0.15) is 0 Å². The molecule has 0 saturated carbocycles. The molecule has 0 radical (unpaired) electrons. The summed E-state index contributed by atoms with van der Waals surface area (Å²) < 4.78 is 32.3. The summed E-state index contributed by atoms with van der Waals surface area (Å²) in [5, 5.41) is 5.54. The topological polar surface area (TPSA) is 81.3 Å². The van der Waals surface area contributed by atoms with Crippen LogP contribution < -0.4 is 40.2 Å². The van der Waals surface area contributed by atoms with Gasteiger partial charge in [0, 0.05) is 25.5 Å². The van der Waals surface area contributed by atoms with Crippen molar-refractivity contribution in [3.63, 3.8) is 0 Å². The van der Waals surface area contributed by atoms with Crippen LogP contribution in [0.4, 0.5) is 11.4 Å². The van der Waals surface area contributed by atoms with E-state index >= 15 is 0 Å². The molecule has 0 saturated heterocycles. The maximum absolute atomic E-state index is 10.8. The summed E-state index contributed by atoms with van der Waals surface area (Å²) in [4.78, 5) is -0.242. The second-order valence-electron chi connectivity index (χ2n) is 2.70. The van der Waals surface area contributed by atoms with Crippen LogP contribution in [0.3, 0.4) is 0 Å². The Bertz CT molecular complexity index is 411. The van der Waals surface area contributed by atoms with E-state index in [1.54, 1.807) is 20.2 Å². The van der Waals surface area contributed by atoms with E-state index in [4.69, 9.17) is 0 Å². The van der Waals surface area contributed by atoms with Gasteiger partial charge in [0.25, 0.3) is 0 Å². The molecule has 7 heteroatoms. The van der Waals surface area contributed by atoms with Crippen molar-refractivity contribution in [3.8, 4) is 0 Å². The van der Waals surface area contributed by atoms with Crippen LogP contribution in [0.2, 0.25) is 0 Å². The van der Waals surface area contributed by atoms with Crippen LogP contribution in [0.15, 0.2) is 23.1 Å². The third-order valence-electron chi connectivity index (χ3n) is 1.77. The average molecular weight is 238 g/mol. The Hall–Kier alpha value is -0.270. The van der Waals surface area contributed by atoms with E-state index in [0.29, 0.717) is 11.4 Å².